The van der Waals surface area contributed by atoms with Gasteiger partial charge in [0.25, 0.3) is 0 Å². The van der Waals surface area contributed by atoms with E-state index >= 15 is 0 Å². The zero-order valence-corrected chi connectivity index (χ0v) is 17.1. The van der Waals surface area contributed by atoms with Gasteiger partial charge in [-0.05, 0) is 69.7 Å². The van der Waals surface area contributed by atoms with Gasteiger partial charge in [0.15, 0.2) is 0 Å². The van der Waals surface area contributed by atoms with Crippen LogP contribution >= 0.6 is 0 Å². The number of hydrogen-bond acceptors (Lipinski definition) is 5. The highest BCUT2D eigenvalue weighted by molar-refractivity contribution is 5.87. The first-order valence-corrected chi connectivity index (χ1v) is 10.9. The summed E-state index contributed by atoms with van der Waals surface area (Å²) in [7, 11) is 0. The minimum atomic E-state index is -0.500. The zero-order chi connectivity index (χ0) is 20.1. The monoisotopic (exact) mass is 398 g/mol. The molecule has 4 heterocycles. The molecular weight excluding hydrogens is 368 g/mol. The van der Waals surface area contributed by atoms with Crippen LogP contribution in [0.15, 0.2) is 18.3 Å². The van der Waals surface area contributed by atoms with E-state index in [1.54, 1.807) is 0 Å². The summed E-state index contributed by atoms with van der Waals surface area (Å²) in [6.07, 6.45) is 7.88. The molecule has 1 atom stereocenters. The summed E-state index contributed by atoms with van der Waals surface area (Å²) >= 11 is 0. The van der Waals surface area contributed by atoms with Crippen LogP contribution in [0.3, 0.4) is 0 Å². The van der Waals surface area contributed by atoms with Crippen molar-refractivity contribution in [2.75, 3.05) is 19.6 Å². The third-order valence-corrected chi connectivity index (χ3v) is 7.54. The van der Waals surface area contributed by atoms with E-state index in [2.05, 4.69) is 27.0 Å². The van der Waals surface area contributed by atoms with Gasteiger partial charge in [-0.1, -0.05) is 6.07 Å². The number of pyridine rings is 1. The van der Waals surface area contributed by atoms with Gasteiger partial charge in [0.1, 0.15) is 0 Å². The van der Waals surface area contributed by atoms with Gasteiger partial charge in [-0.25, -0.2) is 0 Å². The molecule has 156 valence electrons. The molecule has 2 aliphatic carbocycles. The van der Waals surface area contributed by atoms with E-state index in [4.69, 9.17) is 4.74 Å². The van der Waals surface area contributed by atoms with Crippen molar-refractivity contribution in [3.8, 4) is 0 Å². The van der Waals surface area contributed by atoms with Crippen LogP contribution in [0.1, 0.15) is 62.7 Å². The third kappa shape index (κ3) is 2.89. The molecule has 1 aromatic rings. The smallest absolute Gasteiger partial charge is 0.229 e. The summed E-state index contributed by atoms with van der Waals surface area (Å²) in [5.41, 5.74) is 0.936. The first-order chi connectivity index (χ1) is 14.0. The third-order valence-electron chi connectivity index (χ3n) is 7.54. The quantitative estimate of drug-likeness (QED) is 0.713. The Bertz CT molecular complexity index is 827. The lowest BCUT2D eigenvalue weighted by Gasteiger charge is -2.48. The molecule has 0 aromatic carbocycles. The van der Waals surface area contributed by atoms with Gasteiger partial charge < -0.3 is 20.7 Å². The Kier molecular flexibility index (Phi) is 4.44. The van der Waals surface area contributed by atoms with E-state index in [0.717, 1.165) is 50.9 Å². The van der Waals surface area contributed by atoms with Crippen molar-refractivity contribution >= 4 is 11.8 Å². The van der Waals surface area contributed by atoms with Gasteiger partial charge in [-0.3, -0.25) is 14.6 Å². The van der Waals surface area contributed by atoms with Crippen LogP contribution in [0.4, 0.5) is 0 Å². The number of amides is 2. The molecule has 7 nitrogen and oxygen atoms in total. The van der Waals surface area contributed by atoms with Gasteiger partial charge in [0.05, 0.1) is 28.4 Å². The van der Waals surface area contributed by atoms with Gasteiger partial charge in [-0.15, -0.1) is 0 Å². The first-order valence-electron chi connectivity index (χ1n) is 10.9. The molecule has 4 fully saturated rings. The minimum Gasteiger partial charge on any atom is -0.365 e. The molecule has 29 heavy (non-hydrogen) atoms. The number of fused-ring (bicyclic) bond motifs is 1. The van der Waals surface area contributed by atoms with E-state index in [0.29, 0.717) is 19.4 Å². The molecule has 0 unspecified atom stereocenters. The van der Waals surface area contributed by atoms with Crippen molar-refractivity contribution in [3.63, 3.8) is 0 Å². The average molecular weight is 399 g/mol. The second-order valence-electron chi connectivity index (χ2n) is 9.34. The van der Waals surface area contributed by atoms with E-state index in [-0.39, 0.29) is 17.9 Å². The number of carbonyl (C=O) groups excluding carboxylic acids is 2. The molecule has 3 aliphatic heterocycles. The summed E-state index contributed by atoms with van der Waals surface area (Å²) in [6, 6.07) is 4.07. The number of carbonyl (C=O) groups is 2. The summed E-state index contributed by atoms with van der Waals surface area (Å²) in [6.45, 7) is 3.73. The topological polar surface area (TPSA) is 92.4 Å². The number of aromatic nitrogens is 1. The normalized spacial score (nSPS) is 34.2. The van der Waals surface area contributed by atoms with Crippen LogP contribution in [-0.4, -0.2) is 47.6 Å². The summed E-state index contributed by atoms with van der Waals surface area (Å²) in [5.74, 6) is 0.0555. The minimum absolute atomic E-state index is 0.0217. The Morgan fingerprint density at radius 2 is 2.10 bits per heavy atom. The average Bonchev–Trinajstić information content (AvgIpc) is 3.11. The van der Waals surface area contributed by atoms with E-state index in [1.165, 1.54) is 12.5 Å². The van der Waals surface area contributed by atoms with Crippen molar-refractivity contribution in [2.45, 2.75) is 69.1 Å². The second kappa shape index (κ2) is 6.77. The molecule has 0 radical (unpaired) electrons. The van der Waals surface area contributed by atoms with Crippen LogP contribution in [0.5, 0.6) is 0 Å². The lowest BCUT2D eigenvalue weighted by Crippen LogP contribution is -2.62. The molecule has 1 spiro atoms. The standard InChI is InChI=1S/C22H30N4O3/c1-15(27)25-14-20-12-21(13-20,22(29-20)7-10-23-11-8-22)19(28)26-17-6-2-4-16-5-3-9-24-18(16)17/h3,5,9,17,23H,2,4,6-8,10-14H2,1H3,(H,25,27)(H,26,28)/t17-,20?,21?/m0/s1. The molecule has 3 saturated heterocycles. The lowest BCUT2D eigenvalue weighted by molar-refractivity contribution is -0.142. The Morgan fingerprint density at radius 1 is 1.31 bits per heavy atom. The number of piperidine rings is 1. The SMILES string of the molecule is CC(=O)NCC12CC(C(=O)N[C@H]3CCCc4cccnc43)(C1)C1(CCNCC1)O2. The van der Waals surface area contributed by atoms with Crippen LogP contribution < -0.4 is 16.0 Å². The molecule has 1 saturated carbocycles. The van der Waals surface area contributed by atoms with Crippen molar-refractivity contribution in [1.82, 2.24) is 20.9 Å². The maximum absolute atomic E-state index is 13.7. The van der Waals surface area contributed by atoms with Crippen LogP contribution in [0.25, 0.3) is 0 Å². The summed E-state index contributed by atoms with van der Waals surface area (Å²) in [4.78, 5) is 29.7. The number of hydrogen-bond donors (Lipinski definition) is 3. The highest BCUT2D eigenvalue weighted by Crippen LogP contribution is 2.69. The molecule has 3 N–H and O–H groups in total. The molecule has 2 amide bonds. The highest BCUT2D eigenvalue weighted by Gasteiger charge is 2.77. The van der Waals surface area contributed by atoms with E-state index in [9.17, 15) is 9.59 Å². The predicted octanol–water partition coefficient (Wildman–Crippen LogP) is 1.38. The Balaban J connectivity index is 1.39. The van der Waals surface area contributed by atoms with Gasteiger partial charge >= 0.3 is 0 Å². The van der Waals surface area contributed by atoms with Crippen molar-refractivity contribution in [1.29, 1.82) is 0 Å². The molecular formula is C22H30N4O3. The lowest BCUT2D eigenvalue weighted by atomic mass is 9.53. The fourth-order valence-electron chi connectivity index (χ4n) is 6.23. The predicted molar refractivity (Wildman–Crippen MR) is 107 cm³/mol. The van der Waals surface area contributed by atoms with Gasteiger partial charge in [0, 0.05) is 19.7 Å². The zero-order valence-electron chi connectivity index (χ0n) is 17.1. The van der Waals surface area contributed by atoms with Gasteiger partial charge in [-0.2, -0.15) is 0 Å². The van der Waals surface area contributed by atoms with Crippen LogP contribution in [0, 0.1) is 5.41 Å². The maximum atomic E-state index is 13.7. The Labute approximate surface area is 171 Å². The van der Waals surface area contributed by atoms with Gasteiger partial charge in [0.2, 0.25) is 11.8 Å². The molecule has 1 aromatic heterocycles. The maximum Gasteiger partial charge on any atom is 0.229 e. The highest BCUT2D eigenvalue weighted by atomic mass is 16.5. The van der Waals surface area contributed by atoms with Crippen molar-refractivity contribution in [3.05, 3.63) is 29.6 Å². The largest absolute Gasteiger partial charge is 0.365 e. The summed E-state index contributed by atoms with van der Waals surface area (Å²) < 4.78 is 6.65. The van der Waals surface area contributed by atoms with Crippen molar-refractivity contribution in [2.24, 2.45) is 5.41 Å². The molecule has 7 heteroatoms. The van der Waals surface area contributed by atoms with Crippen molar-refractivity contribution < 1.29 is 14.3 Å². The number of rotatable bonds is 4. The van der Waals surface area contributed by atoms with E-state index in [1.807, 2.05) is 12.3 Å². The Hall–Kier alpha value is -1.99. The molecule has 2 bridgehead atoms. The second-order valence-corrected chi connectivity index (χ2v) is 9.34. The number of aryl methyl sites for hydroxylation is 1. The molecule has 6 rings (SSSR count). The number of nitrogens with zero attached hydrogens (tertiary/aromatic N) is 1. The van der Waals surface area contributed by atoms with E-state index < -0.39 is 16.6 Å². The number of ether oxygens (including phenoxy) is 1. The first kappa shape index (κ1) is 19.0. The van der Waals surface area contributed by atoms with Crippen LogP contribution in [0.2, 0.25) is 0 Å². The number of nitrogens with one attached hydrogen (secondary N) is 3. The molecule has 5 aliphatic rings. The fourth-order valence-corrected chi connectivity index (χ4v) is 6.23. The Morgan fingerprint density at radius 3 is 2.86 bits per heavy atom. The fraction of sp³-hybridized carbons (Fsp3) is 0.682. The summed E-state index contributed by atoms with van der Waals surface area (Å²) in [5, 5.41) is 9.67. The van der Waals surface area contributed by atoms with Crippen LogP contribution in [-0.2, 0) is 20.7 Å².